The second-order valence-electron chi connectivity index (χ2n) is 7.18. The van der Waals surface area contributed by atoms with Crippen molar-refractivity contribution >= 4 is 17.7 Å². The zero-order valence-corrected chi connectivity index (χ0v) is 17.7. The van der Waals surface area contributed by atoms with Gasteiger partial charge in [0, 0.05) is 17.9 Å². The average Bonchev–Trinajstić information content (AvgIpc) is 3.32. The number of esters is 1. The van der Waals surface area contributed by atoms with Crippen LogP contribution >= 0.6 is 0 Å². The van der Waals surface area contributed by atoms with Crippen LogP contribution in [0.3, 0.4) is 0 Å². The Hall–Kier alpha value is -3.48. The van der Waals surface area contributed by atoms with Crippen LogP contribution in [0.2, 0.25) is 0 Å². The van der Waals surface area contributed by atoms with Crippen molar-refractivity contribution in [2.24, 2.45) is 0 Å². The first kappa shape index (κ1) is 21.2. The number of nitrogens with zero attached hydrogens (tertiary/aromatic N) is 1. The normalized spacial score (nSPS) is 10.7. The van der Waals surface area contributed by atoms with Crippen LogP contribution in [0, 0.1) is 20.8 Å². The summed E-state index contributed by atoms with van der Waals surface area (Å²) in [5.41, 5.74) is 4.72. The quantitative estimate of drug-likeness (QED) is 0.541. The molecule has 0 aliphatic rings. The van der Waals surface area contributed by atoms with Gasteiger partial charge in [-0.15, -0.1) is 0 Å². The number of nitrogens with one attached hydrogen (secondary N) is 2. The van der Waals surface area contributed by atoms with Crippen molar-refractivity contribution in [3.05, 3.63) is 76.5 Å². The van der Waals surface area contributed by atoms with Gasteiger partial charge in [0.05, 0.1) is 19.4 Å². The number of hydrogen-bond donors (Lipinski definition) is 2. The third kappa shape index (κ3) is 4.92. The van der Waals surface area contributed by atoms with Gasteiger partial charge < -0.3 is 24.4 Å². The standard InChI is InChI=1S/C23H27N3O4/c1-5-29-22(27)21-16(3)20(17(4)24-21)14-26(13-19-7-6-12-30-19)23(28)25-18-10-8-15(2)9-11-18/h6-12,24H,5,13-14H2,1-4H3,(H,25,28). The molecule has 0 atom stereocenters. The first-order chi connectivity index (χ1) is 14.4. The maximum absolute atomic E-state index is 13.1. The highest BCUT2D eigenvalue weighted by Crippen LogP contribution is 2.22. The van der Waals surface area contributed by atoms with E-state index in [9.17, 15) is 9.59 Å². The Morgan fingerprint density at radius 1 is 1.10 bits per heavy atom. The van der Waals surface area contributed by atoms with E-state index in [0.717, 1.165) is 22.4 Å². The summed E-state index contributed by atoms with van der Waals surface area (Å²) >= 11 is 0. The van der Waals surface area contributed by atoms with Gasteiger partial charge in [-0.2, -0.15) is 0 Å². The molecule has 2 amide bonds. The number of carbonyl (C=O) groups excluding carboxylic acids is 2. The third-order valence-corrected chi connectivity index (χ3v) is 4.94. The predicted molar refractivity (Wildman–Crippen MR) is 114 cm³/mol. The lowest BCUT2D eigenvalue weighted by Crippen LogP contribution is -2.34. The van der Waals surface area contributed by atoms with Crippen molar-refractivity contribution in [3.63, 3.8) is 0 Å². The van der Waals surface area contributed by atoms with Gasteiger partial charge in [-0.3, -0.25) is 0 Å². The summed E-state index contributed by atoms with van der Waals surface area (Å²) in [4.78, 5) is 30.0. The van der Waals surface area contributed by atoms with Gasteiger partial charge in [-0.05, 0) is 63.1 Å². The molecule has 0 bridgehead atoms. The van der Waals surface area contributed by atoms with Crippen molar-refractivity contribution < 1.29 is 18.7 Å². The van der Waals surface area contributed by atoms with E-state index in [4.69, 9.17) is 9.15 Å². The minimum Gasteiger partial charge on any atom is -0.467 e. The highest BCUT2D eigenvalue weighted by Gasteiger charge is 2.23. The summed E-state index contributed by atoms with van der Waals surface area (Å²) in [7, 11) is 0. The minimum atomic E-state index is -0.397. The zero-order chi connectivity index (χ0) is 21.7. The molecule has 0 unspecified atom stereocenters. The molecular weight excluding hydrogens is 382 g/mol. The van der Waals surface area contributed by atoms with Crippen LogP contribution in [0.4, 0.5) is 10.5 Å². The lowest BCUT2D eigenvalue weighted by Gasteiger charge is -2.23. The molecule has 0 saturated carbocycles. The van der Waals surface area contributed by atoms with Crippen molar-refractivity contribution in [3.8, 4) is 0 Å². The van der Waals surface area contributed by atoms with E-state index in [1.54, 1.807) is 24.2 Å². The Morgan fingerprint density at radius 3 is 2.47 bits per heavy atom. The van der Waals surface area contributed by atoms with Gasteiger partial charge in [0.25, 0.3) is 0 Å². The highest BCUT2D eigenvalue weighted by molar-refractivity contribution is 5.91. The number of anilines is 1. The van der Waals surface area contributed by atoms with Crippen molar-refractivity contribution in [2.75, 3.05) is 11.9 Å². The maximum Gasteiger partial charge on any atom is 0.355 e. The largest absolute Gasteiger partial charge is 0.467 e. The molecule has 158 valence electrons. The Morgan fingerprint density at radius 2 is 1.83 bits per heavy atom. The lowest BCUT2D eigenvalue weighted by atomic mass is 10.1. The molecular formula is C23H27N3O4. The molecule has 30 heavy (non-hydrogen) atoms. The Balaban J connectivity index is 1.85. The van der Waals surface area contributed by atoms with Crippen LogP contribution in [0.1, 0.15) is 45.6 Å². The van der Waals surface area contributed by atoms with E-state index < -0.39 is 5.97 Å². The summed E-state index contributed by atoms with van der Waals surface area (Å²) in [6, 6.07) is 11.0. The van der Waals surface area contributed by atoms with Gasteiger partial charge >= 0.3 is 12.0 Å². The average molecular weight is 409 g/mol. The van der Waals surface area contributed by atoms with Gasteiger partial charge in [0.1, 0.15) is 11.5 Å². The monoisotopic (exact) mass is 409 g/mol. The Kier molecular flexibility index (Phi) is 6.61. The summed E-state index contributed by atoms with van der Waals surface area (Å²) < 4.78 is 10.6. The van der Waals surface area contributed by atoms with Crippen molar-refractivity contribution in [1.29, 1.82) is 0 Å². The van der Waals surface area contributed by atoms with Crippen molar-refractivity contribution in [2.45, 2.75) is 40.8 Å². The molecule has 3 rings (SSSR count). The lowest BCUT2D eigenvalue weighted by molar-refractivity contribution is 0.0519. The van der Waals surface area contributed by atoms with E-state index in [0.29, 0.717) is 36.8 Å². The fourth-order valence-corrected chi connectivity index (χ4v) is 3.25. The molecule has 0 spiro atoms. The molecule has 0 fully saturated rings. The van der Waals surface area contributed by atoms with Gasteiger partial charge in [-0.25, -0.2) is 9.59 Å². The SMILES string of the molecule is CCOC(=O)c1[nH]c(C)c(CN(Cc2ccco2)C(=O)Nc2ccc(C)cc2)c1C. The summed E-state index contributed by atoms with van der Waals surface area (Å²) in [5.74, 6) is 0.275. The Bertz CT molecular complexity index is 1000. The van der Waals surface area contributed by atoms with Crippen LogP contribution in [-0.2, 0) is 17.8 Å². The molecule has 2 N–H and O–H groups in total. The minimum absolute atomic E-state index is 0.257. The zero-order valence-electron chi connectivity index (χ0n) is 17.7. The molecule has 3 aromatic rings. The third-order valence-electron chi connectivity index (χ3n) is 4.94. The number of aromatic nitrogens is 1. The fraction of sp³-hybridized carbons (Fsp3) is 0.304. The first-order valence-electron chi connectivity index (χ1n) is 9.89. The number of rotatable bonds is 7. The topological polar surface area (TPSA) is 87.6 Å². The molecule has 2 heterocycles. The molecule has 2 aromatic heterocycles. The van der Waals surface area contributed by atoms with Gasteiger partial charge in [-0.1, -0.05) is 17.7 Å². The molecule has 0 radical (unpaired) electrons. The van der Waals surface area contributed by atoms with E-state index in [1.807, 2.05) is 51.1 Å². The number of amides is 2. The number of furan rings is 1. The van der Waals surface area contributed by atoms with Crippen LogP contribution in [0.5, 0.6) is 0 Å². The highest BCUT2D eigenvalue weighted by atomic mass is 16.5. The number of aromatic amines is 1. The van der Waals surface area contributed by atoms with Crippen LogP contribution in [0.25, 0.3) is 0 Å². The number of benzene rings is 1. The summed E-state index contributed by atoms with van der Waals surface area (Å²) in [6.45, 7) is 8.41. The smallest absolute Gasteiger partial charge is 0.355 e. The summed E-state index contributed by atoms with van der Waals surface area (Å²) in [6.07, 6.45) is 1.58. The number of urea groups is 1. The number of ether oxygens (including phenoxy) is 1. The molecule has 7 heteroatoms. The first-order valence-corrected chi connectivity index (χ1v) is 9.89. The van der Waals surface area contributed by atoms with Crippen LogP contribution in [-0.4, -0.2) is 28.5 Å². The second-order valence-corrected chi connectivity index (χ2v) is 7.18. The summed E-state index contributed by atoms with van der Waals surface area (Å²) in [5, 5.41) is 2.93. The van der Waals surface area contributed by atoms with Gasteiger partial charge in [0.2, 0.25) is 0 Å². The van der Waals surface area contributed by atoms with E-state index >= 15 is 0 Å². The Labute approximate surface area is 176 Å². The molecule has 0 saturated heterocycles. The second kappa shape index (κ2) is 9.35. The molecule has 0 aliphatic carbocycles. The fourth-order valence-electron chi connectivity index (χ4n) is 3.25. The van der Waals surface area contributed by atoms with E-state index in [-0.39, 0.29) is 6.03 Å². The van der Waals surface area contributed by atoms with Crippen LogP contribution in [0.15, 0.2) is 47.1 Å². The van der Waals surface area contributed by atoms with E-state index in [2.05, 4.69) is 10.3 Å². The van der Waals surface area contributed by atoms with Crippen LogP contribution < -0.4 is 5.32 Å². The molecule has 0 aliphatic heterocycles. The molecule has 7 nitrogen and oxygen atoms in total. The van der Waals surface area contributed by atoms with Crippen molar-refractivity contribution in [1.82, 2.24) is 9.88 Å². The number of aryl methyl sites for hydroxylation is 2. The predicted octanol–water partition coefficient (Wildman–Crippen LogP) is 4.94. The number of carbonyl (C=O) groups is 2. The van der Waals surface area contributed by atoms with Gasteiger partial charge in [0.15, 0.2) is 0 Å². The number of hydrogen-bond acceptors (Lipinski definition) is 4. The maximum atomic E-state index is 13.1. The number of H-pyrrole nitrogens is 1. The van der Waals surface area contributed by atoms with E-state index in [1.165, 1.54) is 0 Å². The molecule has 1 aromatic carbocycles.